The summed E-state index contributed by atoms with van der Waals surface area (Å²) in [6.07, 6.45) is 3.48. The summed E-state index contributed by atoms with van der Waals surface area (Å²) in [6, 6.07) is 5.91. The number of hydrogen-bond acceptors (Lipinski definition) is 5. The summed E-state index contributed by atoms with van der Waals surface area (Å²) in [4.78, 5) is 8.37. The zero-order valence-electron chi connectivity index (χ0n) is 9.22. The molecule has 0 bridgehead atoms. The average Bonchev–Trinajstić information content (AvgIpc) is 2.82. The van der Waals surface area contributed by atoms with E-state index in [1.165, 1.54) is 0 Å². The molecule has 3 aromatic rings. The summed E-state index contributed by atoms with van der Waals surface area (Å²) in [6.45, 7) is 0. The van der Waals surface area contributed by atoms with Crippen LogP contribution in [0, 0.1) is 0 Å². The number of pyridine rings is 1. The van der Waals surface area contributed by atoms with Crippen molar-refractivity contribution in [2.75, 3.05) is 11.1 Å². The van der Waals surface area contributed by atoms with Crippen molar-refractivity contribution in [2.45, 2.75) is 0 Å². The Hall–Kier alpha value is -1.66. The third-order valence-corrected chi connectivity index (χ3v) is 3.75. The second-order valence-electron chi connectivity index (χ2n) is 3.74. The predicted molar refractivity (Wildman–Crippen MR) is 79.3 cm³/mol. The number of fused-ring (bicyclic) bond motifs is 1. The minimum Gasteiger partial charge on any atom is -0.395 e. The van der Waals surface area contributed by atoms with Crippen LogP contribution in [-0.4, -0.2) is 9.97 Å². The lowest BCUT2D eigenvalue weighted by Crippen LogP contribution is -1.97. The number of rotatable bonds is 2. The minimum absolute atomic E-state index is 0.661. The van der Waals surface area contributed by atoms with Gasteiger partial charge >= 0.3 is 0 Å². The zero-order valence-corrected chi connectivity index (χ0v) is 11.6. The largest absolute Gasteiger partial charge is 0.395 e. The molecule has 0 spiro atoms. The lowest BCUT2D eigenvalue weighted by atomic mass is 10.2. The van der Waals surface area contributed by atoms with Gasteiger partial charge < -0.3 is 11.1 Å². The van der Waals surface area contributed by atoms with Crippen LogP contribution in [0.15, 0.2) is 40.6 Å². The minimum atomic E-state index is 0.661. The molecule has 0 aliphatic heterocycles. The molecule has 3 N–H and O–H groups in total. The molecule has 6 heteroatoms. The number of halogens is 1. The van der Waals surface area contributed by atoms with Crippen LogP contribution in [0.25, 0.3) is 10.2 Å². The third kappa shape index (κ3) is 2.04. The van der Waals surface area contributed by atoms with E-state index < -0.39 is 0 Å². The Bertz CT molecular complexity index is 710. The summed E-state index contributed by atoms with van der Waals surface area (Å²) in [7, 11) is 0. The van der Waals surface area contributed by atoms with Crippen molar-refractivity contribution in [3.63, 3.8) is 0 Å². The maximum absolute atomic E-state index is 6.10. The molecule has 2 heterocycles. The molecule has 0 unspecified atom stereocenters. The fraction of sp³-hybridized carbons (Fsp3) is 0. The van der Waals surface area contributed by atoms with Crippen LogP contribution in [0.2, 0.25) is 0 Å². The average molecular weight is 321 g/mol. The fourth-order valence-electron chi connectivity index (χ4n) is 1.70. The molecule has 2 aromatic heterocycles. The maximum Gasteiger partial charge on any atom is 0.106 e. The number of hydrogen-bond donors (Lipinski definition) is 2. The number of benzene rings is 1. The van der Waals surface area contributed by atoms with Gasteiger partial charge in [-0.05, 0) is 34.1 Å². The molecule has 4 nitrogen and oxygen atoms in total. The topological polar surface area (TPSA) is 63.8 Å². The lowest BCUT2D eigenvalue weighted by molar-refractivity contribution is 1.30. The van der Waals surface area contributed by atoms with Crippen molar-refractivity contribution in [1.82, 2.24) is 9.97 Å². The molecule has 0 fully saturated rings. The first-order valence-corrected chi connectivity index (χ1v) is 6.90. The van der Waals surface area contributed by atoms with Crippen LogP contribution in [0.5, 0.6) is 0 Å². The number of nitrogens with one attached hydrogen (secondary N) is 1. The lowest BCUT2D eigenvalue weighted by Gasteiger charge is -2.09. The molecule has 18 heavy (non-hydrogen) atoms. The van der Waals surface area contributed by atoms with Gasteiger partial charge in [-0.2, -0.15) is 0 Å². The van der Waals surface area contributed by atoms with Crippen molar-refractivity contribution in [1.29, 1.82) is 0 Å². The highest BCUT2D eigenvalue weighted by Crippen LogP contribution is 2.32. The van der Waals surface area contributed by atoms with Gasteiger partial charge in [0.05, 0.1) is 33.5 Å². The van der Waals surface area contributed by atoms with E-state index >= 15 is 0 Å². The summed E-state index contributed by atoms with van der Waals surface area (Å²) >= 11 is 4.96. The van der Waals surface area contributed by atoms with E-state index in [2.05, 4.69) is 31.2 Å². The molecule has 3 rings (SSSR count). The molecule has 0 amide bonds. The van der Waals surface area contributed by atoms with E-state index in [1.807, 2.05) is 18.2 Å². The summed E-state index contributed by atoms with van der Waals surface area (Å²) in [5.74, 6) is 0. The molecule has 0 aliphatic rings. The molecule has 0 atom stereocenters. The number of nitrogen functional groups attached to an aromatic ring is 1. The molecule has 1 aromatic carbocycles. The SMILES string of the molecule is Nc1c(Nc2cncc(Br)c2)ccc2scnc12. The Balaban J connectivity index is 2.02. The Labute approximate surface area is 116 Å². The van der Waals surface area contributed by atoms with Crippen LogP contribution in [0.4, 0.5) is 17.1 Å². The quantitative estimate of drug-likeness (QED) is 0.705. The van der Waals surface area contributed by atoms with Gasteiger partial charge in [0.15, 0.2) is 0 Å². The first kappa shape index (κ1) is 11.4. The predicted octanol–water partition coefficient (Wildman–Crippen LogP) is 3.78. The Morgan fingerprint density at radius 3 is 3.00 bits per heavy atom. The van der Waals surface area contributed by atoms with E-state index in [0.717, 1.165) is 26.1 Å². The second-order valence-corrected chi connectivity index (χ2v) is 5.54. The van der Waals surface area contributed by atoms with E-state index in [-0.39, 0.29) is 0 Å². The Morgan fingerprint density at radius 2 is 2.17 bits per heavy atom. The van der Waals surface area contributed by atoms with E-state index in [1.54, 1.807) is 29.2 Å². The number of anilines is 3. The van der Waals surface area contributed by atoms with Crippen molar-refractivity contribution in [3.05, 3.63) is 40.6 Å². The molecule has 0 saturated heterocycles. The molecule has 0 radical (unpaired) electrons. The van der Waals surface area contributed by atoms with Gasteiger partial charge in [0.2, 0.25) is 0 Å². The van der Waals surface area contributed by atoms with E-state index in [4.69, 9.17) is 5.73 Å². The molecule has 90 valence electrons. The molecule has 0 aliphatic carbocycles. The van der Waals surface area contributed by atoms with Crippen LogP contribution in [0.3, 0.4) is 0 Å². The van der Waals surface area contributed by atoms with Crippen LogP contribution < -0.4 is 11.1 Å². The fourth-order valence-corrected chi connectivity index (χ4v) is 2.75. The molecule has 0 saturated carbocycles. The van der Waals surface area contributed by atoms with Crippen molar-refractivity contribution >= 4 is 54.5 Å². The highest BCUT2D eigenvalue weighted by molar-refractivity contribution is 9.10. The summed E-state index contributed by atoms with van der Waals surface area (Å²) in [5.41, 5.74) is 11.1. The third-order valence-electron chi connectivity index (χ3n) is 2.53. The standard InChI is InChI=1S/C12H9BrN4S/c13-7-3-8(5-15-4-7)17-9-1-2-10-12(11(9)14)16-6-18-10/h1-6,17H,14H2. The Kier molecular flexibility index (Phi) is 2.89. The van der Waals surface area contributed by atoms with Gasteiger partial charge in [0, 0.05) is 10.7 Å². The highest BCUT2D eigenvalue weighted by atomic mass is 79.9. The smallest absolute Gasteiger partial charge is 0.106 e. The van der Waals surface area contributed by atoms with Crippen LogP contribution >= 0.6 is 27.3 Å². The number of nitrogens with zero attached hydrogens (tertiary/aromatic N) is 2. The van der Waals surface area contributed by atoms with Gasteiger partial charge in [-0.1, -0.05) is 0 Å². The maximum atomic E-state index is 6.10. The molecular weight excluding hydrogens is 312 g/mol. The van der Waals surface area contributed by atoms with Crippen molar-refractivity contribution in [2.24, 2.45) is 0 Å². The van der Waals surface area contributed by atoms with Crippen molar-refractivity contribution < 1.29 is 0 Å². The second kappa shape index (κ2) is 4.55. The van der Waals surface area contributed by atoms with Gasteiger partial charge in [-0.3, -0.25) is 4.98 Å². The van der Waals surface area contributed by atoms with Gasteiger partial charge in [-0.15, -0.1) is 11.3 Å². The summed E-state index contributed by atoms with van der Waals surface area (Å²) in [5, 5.41) is 3.24. The molecular formula is C12H9BrN4S. The van der Waals surface area contributed by atoms with E-state index in [0.29, 0.717) is 5.69 Å². The summed E-state index contributed by atoms with van der Waals surface area (Å²) < 4.78 is 2.01. The first-order chi connectivity index (χ1) is 8.74. The number of aromatic nitrogens is 2. The number of nitrogens with two attached hydrogens (primary N) is 1. The van der Waals surface area contributed by atoms with Gasteiger partial charge in [0.25, 0.3) is 0 Å². The van der Waals surface area contributed by atoms with E-state index in [9.17, 15) is 0 Å². The monoisotopic (exact) mass is 320 g/mol. The van der Waals surface area contributed by atoms with Gasteiger partial charge in [-0.25, -0.2) is 4.98 Å². The normalized spacial score (nSPS) is 10.7. The van der Waals surface area contributed by atoms with Crippen LogP contribution in [0.1, 0.15) is 0 Å². The first-order valence-electron chi connectivity index (χ1n) is 5.23. The zero-order chi connectivity index (χ0) is 12.5. The van der Waals surface area contributed by atoms with Crippen molar-refractivity contribution in [3.8, 4) is 0 Å². The van der Waals surface area contributed by atoms with Gasteiger partial charge in [0.1, 0.15) is 5.52 Å². The van der Waals surface area contributed by atoms with Crippen LogP contribution in [-0.2, 0) is 0 Å². The Morgan fingerprint density at radius 1 is 1.28 bits per heavy atom. The highest BCUT2D eigenvalue weighted by Gasteiger charge is 2.07. The number of thiazole rings is 1.